The Bertz CT molecular complexity index is 745. The summed E-state index contributed by atoms with van der Waals surface area (Å²) in [5, 5.41) is 11.7. The molecular formula is C17H17FN2O3S. The van der Waals surface area contributed by atoms with Gasteiger partial charge in [0, 0.05) is 24.9 Å². The largest absolute Gasteiger partial charge is 0.481 e. The van der Waals surface area contributed by atoms with Gasteiger partial charge in [0.05, 0.1) is 23.0 Å². The lowest BCUT2D eigenvalue weighted by Crippen LogP contribution is -2.31. The van der Waals surface area contributed by atoms with E-state index in [1.165, 1.54) is 23.5 Å². The molecule has 2 aromatic rings. The van der Waals surface area contributed by atoms with Crippen molar-refractivity contribution in [2.75, 3.05) is 13.1 Å². The number of hydrogen-bond acceptors (Lipinski definition) is 4. The third kappa shape index (κ3) is 3.97. The summed E-state index contributed by atoms with van der Waals surface area (Å²) in [6, 6.07) is 6.27. The number of thiazole rings is 1. The zero-order chi connectivity index (χ0) is 17.1. The van der Waals surface area contributed by atoms with Crippen LogP contribution in [-0.2, 0) is 22.4 Å². The van der Waals surface area contributed by atoms with Gasteiger partial charge < -0.3 is 10.0 Å². The average molecular weight is 348 g/mol. The molecule has 0 radical (unpaired) electrons. The fourth-order valence-corrected chi connectivity index (χ4v) is 3.57. The summed E-state index contributed by atoms with van der Waals surface area (Å²) in [6.45, 7) is 0.767. The number of benzene rings is 1. The maximum Gasteiger partial charge on any atom is 0.308 e. The molecule has 7 heteroatoms. The van der Waals surface area contributed by atoms with Crippen molar-refractivity contribution < 1.29 is 19.1 Å². The Morgan fingerprint density at radius 3 is 2.75 bits per heavy atom. The number of carbonyl (C=O) groups is 2. The van der Waals surface area contributed by atoms with Gasteiger partial charge in [-0.15, -0.1) is 11.3 Å². The van der Waals surface area contributed by atoms with E-state index in [9.17, 15) is 14.0 Å². The van der Waals surface area contributed by atoms with Crippen LogP contribution in [0, 0.1) is 11.7 Å². The van der Waals surface area contributed by atoms with Crippen LogP contribution in [-0.4, -0.2) is 40.0 Å². The van der Waals surface area contributed by atoms with Crippen molar-refractivity contribution in [2.24, 2.45) is 5.92 Å². The first-order chi connectivity index (χ1) is 11.5. The molecule has 1 saturated heterocycles. The molecule has 3 rings (SSSR count). The number of amides is 1. The highest BCUT2D eigenvalue weighted by atomic mass is 32.1. The molecule has 1 unspecified atom stereocenters. The monoisotopic (exact) mass is 348 g/mol. The molecule has 1 N–H and O–H groups in total. The second-order valence-corrected chi connectivity index (χ2v) is 6.82. The molecule has 1 aliphatic rings. The van der Waals surface area contributed by atoms with Crippen LogP contribution in [0.3, 0.4) is 0 Å². The summed E-state index contributed by atoms with van der Waals surface area (Å²) < 4.78 is 12.9. The summed E-state index contributed by atoms with van der Waals surface area (Å²) in [4.78, 5) is 29.2. The van der Waals surface area contributed by atoms with Crippen molar-refractivity contribution in [3.8, 4) is 0 Å². The van der Waals surface area contributed by atoms with E-state index in [4.69, 9.17) is 5.11 Å². The van der Waals surface area contributed by atoms with E-state index in [-0.39, 0.29) is 24.7 Å². The van der Waals surface area contributed by atoms with Crippen LogP contribution in [0.5, 0.6) is 0 Å². The van der Waals surface area contributed by atoms with Gasteiger partial charge in [-0.25, -0.2) is 9.37 Å². The number of likely N-dealkylation sites (tertiary alicyclic amines) is 1. The third-order valence-corrected chi connectivity index (χ3v) is 4.99. The van der Waals surface area contributed by atoms with Crippen LogP contribution < -0.4 is 0 Å². The maximum atomic E-state index is 12.9. The topological polar surface area (TPSA) is 70.5 Å². The summed E-state index contributed by atoms with van der Waals surface area (Å²) in [5.74, 6) is -1.66. The normalized spacial score (nSPS) is 17.2. The predicted octanol–water partition coefficient (Wildman–Crippen LogP) is 2.35. The van der Waals surface area contributed by atoms with Gasteiger partial charge in [0.2, 0.25) is 5.91 Å². The molecule has 126 valence electrons. The number of carboxylic acids is 1. The van der Waals surface area contributed by atoms with Gasteiger partial charge in [0.15, 0.2) is 0 Å². The Hall–Kier alpha value is -2.28. The number of hydrogen-bond donors (Lipinski definition) is 1. The molecule has 1 aromatic heterocycles. The van der Waals surface area contributed by atoms with Crippen molar-refractivity contribution in [1.29, 1.82) is 0 Å². The van der Waals surface area contributed by atoms with E-state index >= 15 is 0 Å². The van der Waals surface area contributed by atoms with Crippen LogP contribution in [0.2, 0.25) is 0 Å². The summed E-state index contributed by atoms with van der Waals surface area (Å²) in [7, 11) is 0. The minimum Gasteiger partial charge on any atom is -0.481 e. The lowest BCUT2D eigenvalue weighted by atomic mass is 10.1. The Morgan fingerprint density at radius 1 is 1.33 bits per heavy atom. The van der Waals surface area contributed by atoms with Crippen molar-refractivity contribution in [1.82, 2.24) is 9.88 Å². The second kappa shape index (κ2) is 7.09. The zero-order valence-corrected chi connectivity index (χ0v) is 13.8. The summed E-state index contributed by atoms with van der Waals surface area (Å²) in [5.41, 5.74) is 1.66. The molecule has 1 amide bonds. The van der Waals surface area contributed by atoms with E-state index in [1.54, 1.807) is 17.0 Å². The number of aliphatic carboxylic acids is 1. The highest BCUT2D eigenvalue weighted by molar-refractivity contribution is 7.09. The SMILES string of the molecule is O=C(O)C1CCN(C(=O)Cc2csc(Cc3ccc(F)cc3)n2)C1. The molecule has 1 aromatic carbocycles. The van der Waals surface area contributed by atoms with Gasteiger partial charge in [0.1, 0.15) is 5.82 Å². The first-order valence-corrected chi connectivity index (χ1v) is 8.57. The van der Waals surface area contributed by atoms with Gasteiger partial charge in [-0.3, -0.25) is 9.59 Å². The minimum atomic E-state index is -0.847. The van der Waals surface area contributed by atoms with Gasteiger partial charge in [0.25, 0.3) is 0 Å². The van der Waals surface area contributed by atoms with Gasteiger partial charge >= 0.3 is 5.97 Å². The lowest BCUT2D eigenvalue weighted by Gasteiger charge is -2.14. The molecule has 2 heterocycles. The van der Waals surface area contributed by atoms with E-state index in [0.717, 1.165) is 10.6 Å². The van der Waals surface area contributed by atoms with Crippen LogP contribution >= 0.6 is 11.3 Å². The molecule has 24 heavy (non-hydrogen) atoms. The quantitative estimate of drug-likeness (QED) is 0.900. The van der Waals surface area contributed by atoms with Crippen LogP contribution in [0.1, 0.15) is 22.7 Å². The maximum absolute atomic E-state index is 12.9. The van der Waals surface area contributed by atoms with Crippen molar-refractivity contribution >= 4 is 23.2 Å². The smallest absolute Gasteiger partial charge is 0.308 e. The Labute approximate surface area is 142 Å². The first-order valence-electron chi connectivity index (χ1n) is 7.69. The molecule has 0 spiro atoms. The molecule has 0 saturated carbocycles. The van der Waals surface area contributed by atoms with Crippen molar-refractivity contribution in [3.05, 3.63) is 51.7 Å². The number of halogens is 1. The fraction of sp³-hybridized carbons (Fsp3) is 0.353. The van der Waals surface area contributed by atoms with Gasteiger partial charge in [-0.2, -0.15) is 0 Å². The van der Waals surface area contributed by atoms with Gasteiger partial charge in [-0.05, 0) is 24.1 Å². The number of rotatable bonds is 5. The van der Waals surface area contributed by atoms with E-state index in [0.29, 0.717) is 25.1 Å². The number of carboxylic acid groups (broad SMARTS) is 1. The first kappa shape index (κ1) is 16.6. The molecule has 1 atom stereocenters. The van der Waals surface area contributed by atoms with E-state index in [1.807, 2.05) is 5.38 Å². The summed E-state index contributed by atoms with van der Waals surface area (Å²) >= 11 is 1.47. The highest BCUT2D eigenvalue weighted by Crippen LogP contribution is 2.19. The molecule has 1 aliphatic heterocycles. The van der Waals surface area contributed by atoms with Crippen LogP contribution in [0.15, 0.2) is 29.6 Å². The molecule has 1 fully saturated rings. The van der Waals surface area contributed by atoms with Crippen molar-refractivity contribution in [2.45, 2.75) is 19.3 Å². The average Bonchev–Trinajstić information content (AvgIpc) is 3.19. The zero-order valence-electron chi connectivity index (χ0n) is 12.9. The number of nitrogens with zero attached hydrogens (tertiary/aromatic N) is 2. The van der Waals surface area contributed by atoms with Gasteiger partial charge in [-0.1, -0.05) is 12.1 Å². The minimum absolute atomic E-state index is 0.0858. The van der Waals surface area contributed by atoms with Crippen LogP contribution in [0.4, 0.5) is 4.39 Å². The van der Waals surface area contributed by atoms with Crippen LogP contribution in [0.25, 0.3) is 0 Å². The number of aromatic nitrogens is 1. The Balaban J connectivity index is 1.57. The Morgan fingerprint density at radius 2 is 2.08 bits per heavy atom. The molecular weight excluding hydrogens is 331 g/mol. The standard InChI is InChI=1S/C17H17FN2O3S/c18-13-3-1-11(2-4-13)7-15-19-14(10-24-15)8-16(21)20-6-5-12(9-20)17(22)23/h1-4,10,12H,5-9H2,(H,22,23). The third-order valence-electron chi connectivity index (χ3n) is 4.09. The predicted molar refractivity (Wildman–Crippen MR) is 87.3 cm³/mol. The fourth-order valence-electron chi connectivity index (χ4n) is 2.74. The lowest BCUT2D eigenvalue weighted by molar-refractivity contribution is -0.141. The summed E-state index contributed by atoms with van der Waals surface area (Å²) in [6.07, 6.45) is 1.30. The number of carbonyl (C=O) groups excluding carboxylic acids is 1. The highest BCUT2D eigenvalue weighted by Gasteiger charge is 2.30. The Kier molecular flexibility index (Phi) is 4.89. The molecule has 0 bridgehead atoms. The van der Waals surface area contributed by atoms with E-state index in [2.05, 4.69) is 4.98 Å². The molecule has 0 aliphatic carbocycles. The van der Waals surface area contributed by atoms with E-state index < -0.39 is 11.9 Å². The second-order valence-electron chi connectivity index (χ2n) is 5.88. The molecule has 5 nitrogen and oxygen atoms in total. The van der Waals surface area contributed by atoms with Crippen molar-refractivity contribution in [3.63, 3.8) is 0 Å².